The van der Waals surface area contributed by atoms with Gasteiger partial charge in [0.2, 0.25) is 0 Å². The second-order valence-electron chi connectivity index (χ2n) is 5.77. The van der Waals surface area contributed by atoms with Gasteiger partial charge < -0.3 is 10.1 Å². The van der Waals surface area contributed by atoms with E-state index in [9.17, 15) is 8.42 Å². The molecule has 0 saturated carbocycles. The summed E-state index contributed by atoms with van der Waals surface area (Å²) in [7, 11) is -3.13. The van der Waals surface area contributed by atoms with Crippen LogP contribution >= 0.6 is 0 Å². The Hall–Kier alpha value is -0.910. The van der Waals surface area contributed by atoms with Crippen molar-refractivity contribution in [3.8, 4) is 0 Å². The molecule has 0 radical (unpaired) electrons. The van der Waals surface area contributed by atoms with Gasteiger partial charge in [-0.05, 0) is 31.0 Å². The van der Waals surface area contributed by atoms with Gasteiger partial charge in [-0.1, -0.05) is 31.2 Å². The van der Waals surface area contributed by atoms with Crippen molar-refractivity contribution in [3.63, 3.8) is 0 Å². The van der Waals surface area contributed by atoms with Gasteiger partial charge in [0.05, 0.1) is 18.1 Å². The van der Waals surface area contributed by atoms with Gasteiger partial charge >= 0.3 is 0 Å². The van der Waals surface area contributed by atoms with E-state index >= 15 is 0 Å². The summed E-state index contributed by atoms with van der Waals surface area (Å²) in [6, 6.07) is 7.67. The molecule has 1 aliphatic rings. The fraction of sp³-hybridized carbons (Fsp3) is 0.625. The minimum absolute atomic E-state index is 0.00785. The summed E-state index contributed by atoms with van der Waals surface area (Å²) in [4.78, 5) is 0. The molecule has 0 spiro atoms. The van der Waals surface area contributed by atoms with Gasteiger partial charge in [0.25, 0.3) is 0 Å². The fourth-order valence-corrected chi connectivity index (χ4v) is 4.69. The summed E-state index contributed by atoms with van der Waals surface area (Å²) in [5, 5.41) is 3.32. The lowest BCUT2D eigenvalue weighted by Gasteiger charge is -2.23. The van der Waals surface area contributed by atoms with Crippen molar-refractivity contribution in [1.82, 2.24) is 5.32 Å². The van der Waals surface area contributed by atoms with E-state index in [1.807, 2.05) is 38.1 Å². The fourth-order valence-electron chi connectivity index (χ4n) is 2.84. The average Bonchev–Trinajstić information content (AvgIpc) is 2.94. The Morgan fingerprint density at radius 1 is 1.38 bits per heavy atom. The number of rotatable bonds is 7. The molecular weight excluding hydrogens is 286 g/mol. The van der Waals surface area contributed by atoms with Gasteiger partial charge in [-0.25, -0.2) is 8.42 Å². The Balaban J connectivity index is 2.05. The molecule has 1 aliphatic heterocycles. The Bertz CT molecular complexity index is 550. The van der Waals surface area contributed by atoms with Gasteiger partial charge in [-0.2, -0.15) is 0 Å². The molecule has 2 unspecified atom stereocenters. The molecule has 0 aliphatic carbocycles. The Morgan fingerprint density at radius 3 is 2.76 bits per heavy atom. The van der Waals surface area contributed by atoms with E-state index in [4.69, 9.17) is 4.74 Å². The number of hydrogen-bond donors (Lipinski definition) is 1. The summed E-state index contributed by atoms with van der Waals surface area (Å²) in [5.41, 5.74) is 1.93. The van der Waals surface area contributed by atoms with Crippen LogP contribution in [0.3, 0.4) is 0 Å². The molecule has 1 N–H and O–H groups in total. The SMILES string of the molecule is CCNC(CS(=O)(=O)Cc1ccccc1C)C1CCOC1. The smallest absolute Gasteiger partial charge is 0.155 e. The zero-order valence-electron chi connectivity index (χ0n) is 12.8. The topological polar surface area (TPSA) is 55.4 Å². The summed E-state index contributed by atoms with van der Waals surface area (Å²) in [6.07, 6.45) is 0.942. The van der Waals surface area contributed by atoms with Crippen LogP contribution in [0.15, 0.2) is 24.3 Å². The van der Waals surface area contributed by atoms with E-state index in [1.165, 1.54) is 0 Å². The van der Waals surface area contributed by atoms with Crippen LogP contribution in [-0.2, 0) is 20.3 Å². The van der Waals surface area contributed by atoms with Gasteiger partial charge in [0.1, 0.15) is 0 Å². The largest absolute Gasteiger partial charge is 0.381 e. The van der Waals surface area contributed by atoms with E-state index in [1.54, 1.807) is 0 Å². The monoisotopic (exact) mass is 311 g/mol. The predicted molar refractivity (Wildman–Crippen MR) is 85.1 cm³/mol. The highest BCUT2D eigenvalue weighted by Crippen LogP contribution is 2.20. The lowest BCUT2D eigenvalue weighted by Crippen LogP contribution is -2.42. The summed E-state index contributed by atoms with van der Waals surface area (Å²) in [5.74, 6) is 0.606. The lowest BCUT2D eigenvalue weighted by molar-refractivity contribution is 0.179. The molecule has 4 nitrogen and oxygen atoms in total. The highest BCUT2D eigenvalue weighted by Gasteiger charge is 2.29. The van der Waals surface area contributed by atoms with Crippen molar-refractivity contribution in [2.45, 2.75) is 32.1 Å². The first kappa shape index (κ1) is 16.5. The molecule has 5 heteroatoms. The molecule has 0 aromatic heterocycles. The van der Waals surface area contributed by atoms with Crippen LogP contribution in [0.25, 0.3) is 0 Å². The second kappa shape index (κ2) is 7.38. The quantitative estimate of drug-likeness (QED) is 0.836. The minimum Gasteiger partial charge on any atom is -0.381 e. The number of hydrogen-bond acceptors (Lipinski definition) is 4. The number of aryl methyl sites for hydroxylation is 1. The highest BCUT2D eigenvalue weighted by molar-refractivity contribution is 7.90. The lowest BCUT2D eigenvalue weighted by atomic mass is 10.0. The average molecular weight is 311 g/mol. The van der Waals surface area contributed by atoms with Gasteiger partial charge in [-0.15, -0.1) is 0 Å². The van der Waals surface area contributed by atoms with Crippen molar-refractivity contribution in [3.05, 3.63) is 35.4 Å². The molecule has 21 heavy (non-hydrogen) atoms. The van der Waals surface area contributed by atoms with Crippen LogP contribution in [0.4, 0.5) is 0 Å². The molecule has 1 fully saturated rings. The number of sulfone groups is 1. The van der Waals surface area contributed by atoms with Crippen LogP contribution in [-0.4, -0.2) is 40.0 Å². The first-order valence-corrected chi connectivity index (χ1v) is 9.40. The number of ether oxygens (including phenoxy) is 1. The molecule has 0 amide bonds. The first-order chi connectivity index (χ1) is 10.0. The van der Waals surface area contributed by atoms with Crippen molar-refractivity contribution in [2.24, 2.45) is 5.92 Å². The maximum absolute atomic E-state index is 12.5. The van der Waals surface area contributed by atoms with E-state index < -0.39 is 9.84 Å². The minimum atomic E-state index is -3.13. The highest BCUT2D eigenvalue weighted by atomic mass is 32.2. The maximum atomic E-state index is 12.5. The van der Waals surface area contributed by atoms with Gasteiger partial charge in [0, 0.05) is 18.6 Å². The van der Waals surface area contributed by atoms with Crippen molar-refractivity contribution in [2.75, 3.05) is 25.5 Å². The van der Waals surface area contributed by atoms with E-state index in [0.29, 0.717) is 12.5 Å². The van der Waals surface area contributed by atoms with Crippen LogP contribution in [0.2, 0.25) is 0 Å². The van der Waals surface area contributed by atoms with Crippen molar-refractivity contribution in [1.29, 1.82) is 0 Å². The Labute approximate surface area is 127 Å². The van der Waals surface area contributed by atoms with Gasteiger partial charge in [0.15, 0.2) is 9.84 Å². The molecule has 1 aromatic carbocycles. The third kappa shape index (κ3) is 4.80. The molecular formula is C16H25NO3S. The third-order valence-corrected chi connectivity index (χ3v) is 5.69. The molecule has 2 rings (SSSR count). The summed E-state index contributed by atoms with van der Waals surface area (Å²) >= 11 is 0. The standard InChI is InChI=1S/C16H25NO3S/c1-3-17-16(14-8-9-20-10-14)12-21(18,19)11-15-7-5-4-6-13(15)2/h4-7,14,16-17H,3,8-12H2,1-2H3. The van der Waals surface area contributed by atoms with Crippen molar-refractivity contribution < 1.29 is 13.2 Å². The number of benzene rings is 1. The zero-order valence-corrected chi connectivity index (χ0v) is 13.7. The normalized spacial score (nSPS) is 20.6. The Morgan fingerprint density at radius 2 is 2.14 bits per heavy atom. The van der Waals surface area contributed by atoms with E-state index in [-0.39, 0.29) is 17.5 Å². The maximum Gasteiger partial charge on any atom is 0.155 e. The van der Waals surface area contributed by atoms with Crippen LogP contribution in [0.1, 0.15) is 24.5 Å². The molecule has 1 aromatic rings. The Kier molecular flexibility index (Phi) is 5.79. The molecule has 0 bridgehead atoms. The molecule has 118 valence electrons. The third-order valence-electron chi connectivity index (χ3n) is 4.07. The second-order valence-corrected chi connectivity index (χ2v) is 7.88. The molecule has 1 heterocycles. The first-order valence-electron chi connectivity index (χ1n) is 7.58. The molecule has 1 saturated heterocycles. The van der Waals surface area contributed by atoms with E-state index in [0.717, 1.165) is 30.7 Å². The summed E-state index contributed by atoms with van der Waals surface area (Å²) < 4.78 is 30.4. The van der Waals surface area contributed by atoms with Crippen LogP contribution in [0.5, 0.6) is 0 Å². The van der Waals surface area contributed by atoms with Crippen molar-refractivity contribution >= 4 is 9.84 Å². The zero-order chi connectivity index (χ0) is 15.3. The number of nitrogens with one attached hydrogen (secondary N) is 1. The van der Waals surface area contributed by atoms with Crippen LogP contribution < -0.4 is 5.32 Å². The van der Waals surface area contributed by atoms with Gasteiger partial charge in [-0.3, -0.25) is 0 Å². The molecule has 2 atom stereocenters. The summed E-state index contributed by atoms with van der Waals surface area (Å²) in [6.45, 7) is 6.15. The predicted octanol–water partition coefficient (Wildman–Crippen LogP) is 1.92. The van der Waals surface area contributed by atoms with Crippen LogP contribution in [0, 0.1) is 12.8 Å². The van der Waals surface area contributed by atoms with E-state index in [2.05, 4.69) is 5.32 Å².